The van der Waals surface area contributed by atoms with Gasteiger partial charge >= 0.3 is 0 Å². The van der Waals surface area contributed by atoms with Gasteiger partial charge in [-0.2, -0.15) is 5.26 Å². The number of nitrogens with zero attached hydrogens (tertiary/aromatic N) is 2. The summed E-state index contributed by atoms with van der Waals surface area (Å²) in [5.74, 6) is 0.172. The van der Waals surface area contributed by atoms with Gasteiger partial charge in [-0.15, -0.1) is 0 Å². The summed E-state index contributed by atoms with van der Waals surface area (Å²) in [5, 5.41) is 8.79. The molecule has 1 aliphatic rings. The SMILES string of the molecule is CC(C)(C)CC(=O)N1CC(C)(C#N)C1. The molecule has 1 saturated heterocycles. The first-order chi connectivity index (χ1) is 6.26. The maximum absolute atomic E-state index is 11.7. The highest BCUT2D eigenvalue weighted by molar-refractivity contribution is 5.78. The predicted molar refractivity (Wildman–Crippen MR) is 54.4 cm³/mol. The molecule has 0 aromatic heterocycles. The van der Waals surface area contributed by atoms with Crippen LogP contribution in [0.5, 0.6) is 0 Å². The fraction of sp³-hybridized carbons (Fsp3) is 0.818. The van der Waals surface area contributed by atoms with Crippen LogP contribution in [0, 0.1) is 22.2 Å². The van der Waals surface area contributed by atoms with Crippen LogP contribution in [0.2, 0.25) is 0 Å². The first-order valence-electron chi connectivity index (χ1n) is 4.95. The molecule has 1 heterocycles. The zero-order valence-corrected chi connectivity index (χ0v) is 9.42. The van der Waals surface area contributed by atoms with Crippen molar-refractivity contribution in [1.29, 1.82) is 5.26 Å². The molecule has 1 aliphatic heterocycles. The molecule has 0 N–H and O–H groups in total. The molecule has 0 unspecified atom stereocenters. The normalized spacial score (nSPS) is 19.8. The highest BCUT2D eigenvalue weighted by atomic mass is 16.2. The summed E-state index contributed by atoms with van der Waals surface area (Å²) in [6.45, 7) is 9.24. The third-order valence-corrected chi connectivity index (χ3v) is 2.38. The maximum Gasteiger partial charge on any atom is 0.223 e. The molecule has 0 saturated carbocycles. The van der Waals surface area contributed by atoms with Gasteiger partial charge in [-0.1, -0.05) is 20.8 Å². The van der Waals surface area contributed by atoms with E-state index in [2.05, 4.69) is 6.07 Å². The minimum Gasteiger partial charge on any atom is -0.339 e. The fourth-order valence-electron chi connectivity index (χ4n) is 1.61. The number of amides is 1. The molecular weight excluding hydrogens is 176 g/mol. The Morgan fingerprint density at radius 3 is 2.36 bits per heavy atom. The van der Waals surface area contributed by atoms with Crippen LogP contribution in [-0.4, -0.2) is 23.9 Å². The predicted octanol–water partition coefficient (Wildman–Crippen LogP) is 1.79. The molecule has 1 rings (SSSR count). The third-order valence-electron chi connectivity index (χ3n) is 2.38. The minimum absolute atomic E-state index is 0.0374. The van der Waals surface area contributed by atoms with Crippen LogP contribution in [0.4, 0.5) is 0 Å². The average molecular weight is 194 g/mol. The third kappa shape index (κ3) is 2.47. The standard InChI is InChI=1S/C11H18N2O/c1-10(2,3)5-9(14)13-7-11(4,6-12)8-13/h5,7-8H2,1-4H3. The van der Waals surface area contributed by atoms with Crippen molar-refractivity contribution in [3.05, 3.63) is 0 Å². The van der Waals surface area contributed by atoms with Gasteiger partial charge < -0.3 is 4.90 Å². The average Bonchev–Trinajstić information content (AvgIpc) is 1.95. The van der Waals surface area contributed by atoms with Crippen molar-refractivity contribution in [2.24, 2.45) is 10.8 Å². The van der Waals surface area contributed by atoms with E-state index < -0.39 is 0 Å². The molecule has 3 heteroatoms. The second-order valence-electron chi connectivity index (χ2n) is 5.66. The zero-order valence-electron chi connectivity index (χ0n) is 9.42. The second-order valence-corrected chi connectivity index (χ2v) is 5.66. The van der Waals surface area contributed by atoms with E-state index in [9.17, 15) is 4.79 Å². The Morgan fingerprint density at radius 1 is 1.50 bits per heavy atom. The van der Waals surface area contributed by atoms with Gasteiger partial charge in [0.15, 0.2) is 0 Å². The summed E-state index contributed by atoms with van der Waals surface area (Å²) < 4.78 is 0. The molecule has 78 valence electrons. The lowest BCUT2D eigenvalue weighted by molar-refractivity contribution is -0.141. The molecule has 0 aromatic rings. The van der Waals surface area contributed by atoms with Crippen LogP contribution < -0.4 is 0 Å². The van der Waals surface area contributed by atoms with Crippen LogP contribution in [0.25, 0.3) is 0 Å². The van der Waals surface area contributed by atoms with E-state index in [1.165, 1.54) is 0 Å². The van der Waals surface area contributed by atoms with Gasteiger partial charge in [-0.3, -0.25) is 4.79 Å². The van der Waals surface area contributed by atoms with Gasteiger partial charge in [0, 0.05) is 19.5 Å². The van der Waals surface area contributed by atoms with E-state index in [0.717, 1.165) is 0 Å². The van der Waals surface area contributed by atoms with E-state index in [-0.39, 0.29) is 16.7 Å². The second kappa shape index (κ2) is 3.27. The van der Waals surface area contributed by atoms with Gasteiger partial charge in [-0.05, 0) is 12.3 Å². The Balaban J connectivity index is 2.42. The zero-order chi connectivity index (χ0) is 11.0. The van der Waals surface area contributed by atoms with Crippen molar-refractivity contribution in [2.45, 2.75) is 34.1 Å². The van der Waals surface area contributed by atoms with Gasteiger partial charge in [0.2, 0.25) is 5.91 Å². The van der Waals surface area contributed by atoms with Gasteiger partial charge in [-0.25, -0.2) is 0 Å². The summed E-state index contributed by atoms with van der Waals surface area (Å²) in [6, 6.07) is 2.23. The van der Waals surface area contributed by atoms with Crippen molar-refractivity contribution in [1.82, 2.24) is 4.90 Å². The maximum atomic E-state index is 11.7. The number of hydrogen-bond donors (Lipinski definition) is 0. The van der Waals surface area contributed by atoms with Crippen molar-refractivity contribution < 1.29 is 4.79 Å². The van der Waals surface area contributed by atoms with E-state index in [1.54, 1.807) is 4.90 Å². The first kappa shape index (κ1) is 11.0. The summed E-state index contributed by atoms with van der Waals surface area (Å²) in [5.41, 5.74) is -0.261. The molecule has 0 radical (unpaired) electrons. The van der Waals surface area contributed by atoms with Crippen molar-refractivity contribution in [3.8, 4) is 6.07 Å². The first-order valence-corrected chi connectivity index (χ1v) is 4.95. The Kier molecular flexibility index (Phi) is 2.58. The molecule has 1 fully saturated rings. The highest BCUT2D eigenvalue weighted by Crippen LogP contribution is 2.31. The molecule has 0 aliphatic carbocycles. The Bertz CT molecular complexity index is 277. The molecule has 0 aromatic carbocycles. The highest BCUT2D eigenvalue weighted by Gasteiger charge is 2.41. The van der Waals surface area contributed by atoms with Crippen LogP contribution in [-0.2, 0) is 4.79 Å². The Labute approximate surface area is 85.7 Å². The van der Waals surface area contributed by atoms with Gasteiger partial charge in [0.05, 0.1) is 11.5 Å². The van der Waals surface area contributed by atoms with E-state index in [0.29, 0.717) is 19.5 Å². The largest absolute Gasteiger partial charge is 0.339 e. The van der Waals surface area contributed by atoms with Crippen LogP contribution in [0.1, 0.15) is 34.1 Å². The van der Waals surface area contributed by atoms with Crippen molar-refractivity contribution in [3.63, 3.8) is 0 Å². The Morgan fingerprint density at radius 2 is 2.00 bits per heavy atom. The monoisotopic (exact) mass is 194 g/mol. The lowest BCUT2D eigenvalue weighted by atomic mass is 9.82. The van der Waals surface area contributed by atoms with Gasteiger partial charge in [0.1, 0.15) is 0 Å². The lowest BCUT2D eigenvalue weighted by Crippen LogP contribution is -2.56. The minimum atomic E-state index is -0.298. The molecule has 0 atom stereocenters. The quantitative estimate of drug-likeness (QED) is 0.638. The van der Waals surface area contributed by atoms with Gasteiger partial charge in [0.25, 0.3) is 0 Å². The molecule has 14 heavy (non-hydrogen) atoms. The summed E-state index contributed by atoms with van der Waals surface area (Å²) >= 11 is 0. The van der Waals surface area contributed by atoms with Crippen LogP contribution in [0.15, 0.2) is 0 Å². The number of rotatable bonds is 1. The van der Waals surface area contributed by atoms with E-state index in [1.807, 2.05) is 27.7 Å². The molecule has 0 bridgehead atoms. The molecular formula is C11H18N2O. The lowest BCUT2D eigenvalue weighted by Gasteiger charge is -2.44. The number of carbonyl (C=O) groups excluding carboxylic acids is 1. The van der Waals surface area contributed by atoms with E-state index >= 15 is 0 Å². The molecule has 0 spiro atoms. The topological polar surface area (TPSA) is 44.1 Å². The van der Waals surface area contributed by atoms with E-state index in [4.69, 9.17) is 5.26 Å². The van der Waals surface area contributed by atoms with Crippen LogP contribution >= 0.6 is 0 Å². The van der Waals surface area contributed by atoms with Crippen LogP contribution in [0.3, 0.4) is 0 Å². The Hall–Kier alpha value is -1.04. The number of likely N-dealkylation sites (tertiary alicyclic amines) is 1. The molecule has 3 nitrogen and oxygen atoms in total. The number of carbonyl (C=O) groups is 1. The summed E-state index contributed by atoms with van der Waals surface area (Å²) in [6.07, 6.45) is 0.564. The van der Waals surface area contributed by atoms with Crippen molar-refractivity contribution >= 4 is 5.91 Å². The summed E-state index contributed by atoms with van der Waals surface area (Å²) in [7, 11) is 0. The smallest absolute Gasteiger partial charge is 0.223 e. The summed E-state index contributed by atoms with van der Waals surface area (Å²) in [4.78, 5) is 13.4. The molecule has 1 amide bonds. The number of nitriles is 1. The number of hydrogen-bond acceptors (Lipinski definition) is 2. The fourth-order valence-corrected chi connectivity index (χ4v) is 1.61. The van der Waals surface area contributed by atoms with Crippen molar-refractivity contribution in [2.75, 3.05) is 13.1 Å².